The van der Waals surface area contributed by atoms with Crippen LogP contribution in [0.3, 0.4) is 0 Å². The second-order valence-electron chi connectivity index (χ2n) is 8.36. The summed E-state index contributed by atoms with van der Waals surface area (Å²) in [7, 11) is 0. The van der Waals surface area contributed by atoms with Crippen molar-refractivity contribution in [3.8, 4) is 0 Å². The zero-order valence-electron chi connectivity index (χ0n) is 15.9. The number of hydrogen-bond donors (Lipinski definition) is 3. The Morgan fingerprint density at radius 3 is 2.60 bits per heavy atom. The third-order valence-electron chi connectivity index (χ3n) is 4.98. The monoisotopic (exact) mass is 352 g/mol. The van der Waals surface area contributed by atoms with E-state index in [1.54, 1.807) is 0 Å². The van der Waals surface area contributed by atoms with Crippen molar-refractivity contribution in [2.45, 2.75) is 58.9 Å². The summed E-state index contributed by atoms with van der Waals surface area (Å²) in [5.41, 5.74) is -0.856. The minimum absolute atomic E-state index is 0.0101. The lowest BCUT2D eigenvalue weighted by Gasteiger charge is -2.43. The van der Waals surface area contributed by atoms with Gasteiger partial charge in [-0.15, -0.1) is 0 Å². The number of imide groups is 1. The summed E-state index contributed by atoms with van der Waals surface area (Å²) in [4.78, 5) is 38.4. The van der Waals surface area contributed by atoms with Crippen LogP contribution in [-0.2, 0) is 9.59 Å². The highest BCUT2D eigenvalue weighted by molar-refractivity contribution is 6.09. The molecule has 4 amide bonds. The van der Waals surface area contributed by atoms with Gasteiger partial charge in [0.25, 0.3) is 5.91 Å². The van der Waals surface area contributed by atoms with Crippen molar-refractivity contribution >= 4 is 17.8 Å². The number of hydrogen-bond acceptors (Lipinski definition) is 4. The van der Waals surface area contributed by atoms with E-state index in [9.17, 15) is 14.4 Å². The summed E-state index contributed by atoms with van der Waals surface area (Å²) in [6.07, 6.45) is 3.32. The number of amides is 4. The molecule has 0 aromatic heterocycles. The maximum absolute atomic E-state index is 12.9. The molecular weight excluding hydrogens is 320 g/mol. The number of urea groups is 1. The molecule has 1 aliphatic carbocycles. The molecule has 0 radical (unpaired) electrons. The Morgan fingerprint density at radius 1 is 1.24 bits per heavy atom. The van der Waals surface area contributed by atoms with Gasteiger partial charge >= 0.3 is 6.03 Å². The van der Waals surface area contributed by atoms with Crippen LogP contribution in [-0.4, -0.2) is 54.5 Å². The van der Waals surface area contributed by atoms with Crippen LogP contribution in [0.4, 0.5) is 4.79 Å². The first kappa shape index (κ1) is 19.7. The first-order chi connectivity index (χ1) is 11.7. The molecule has 2 atom stereocenters. The zero-order chi connectivity index (χ0) is 18.7. The quantitative estimate of drug-likeness (QED) is 0.475. The van der Waals surface area contributed by atoms with E-state index in [0.717, 1.165) is 24.3 Å². The van der Waals surface area contributed by atoms with Gasteiger partial charge in [-0.2, -0.15) is 0 Å². The predicted molar refractivity (Wildman–Crippen MR) is 95.9 cm³/mol. The van der Waals surface area contributed by atoms with Crippen LogP contribution in [0.5, 0.6) is 0 Å². The Labute approximate surface area is 150 Å². The maximum atomic E-state index is 12.9. The molecule has 1 heterocycles. The van der Waals surface area contributed by atoms with Crippen LogP contribution >= 0.6 is 0 Å². The van der Waals surface area contributed by atoms with Crippen LogP contribution in [0, 0.1) is 11.3 Å². The molecule has 1 saturated heterocycles. The summed E-state index contributed by atoms with van der Waals surface area (Å²) in [5.74, 6) is -0.204. The van der Waals surface area contributed by atoms with Gasteiger partial charge in [0.05, 0.1) is 0 Å². The molecule has 142 valence electrons. The first-order valence-electron chi connectivity index (χ1n) is 9.31. The fourth-order valence-electron chi connectivity index (χ4n) is 4.44. The minimum Gasteiger partial charge on any atom is -0.353 e. The van der Waals surface area contributed by atoms with Gasteiger partial charge in [-0.1, -0.05) is 27.7 Å². The number of nitrogens with zero attached hydrogens (tertiary/aromatic N) is 1. The number of carbonyl (C=O) groups excluding carboxylic acids is 3. The molecule has 2 aliphatic rings. The molecule has 2 rings (SSSR count). The fourth-order valence-corrected chi connectivity index (χ4v) is 4.44. The number of carbonyl (C=O) groups is 3. The van der Waals surface area contributed by atoms with Crippen LogP contribution in [0.15, 0.2) is 0 Å². The summed E-state index contributed by atoms with van der Waals surface area (Å²) < 4.78 is 0. The summed E-state index contributed by atoms with van der Waals surface area (Å²) in [6, 6.07) is -0.450. The molecule has 0 aromatic carbocycles. The van der Waals surface area contributed by atoms with E-state index in [0.29, 0.717) is 31.8 Å². The Morgan fingerprint density at radius 2 is 1.96 bits per heavy atom. The molecule has 7 heteroatoms. The lowest BCUT2D eigenvalue weighted by molar-refractivity contribution is -0.137. The average Bonchev–Trinajstić information content (AvgIpc) is 2.68. The summed E-state index contributed by atoms with van der Waals surface area (Å²) >= 11 is 0. The summed E-state index contributed by atoms with van der Waals surface area (Å²) in [6.45, 7) is 10.3. The van der Waals surface area contributed by atoms with Gasteiger partial charge in [0.2, 0.25) is 5.91 Å². The highest BCUT2D eigenvalue weighted by Crippen LogP contribution is 2.46. The van der Waals surface area contributed by atoms with Gasteiger partial charge in [0, 0.05) is 13.1 Å². The van der Waals surface area contributed by atoms with Crippen molar-refractivity contribution in [2.75, 3.05) is 26.2 Å². The smallest absolute Gasteiger partial charge is 0.325 e. The molecule has 25 heavy (non-hydrogen) atoms. The molecule has 7 nitrogen and oxygen atoms in total. The van der Waals surface area contributed by atoms with Gasteiger partial charge in [0.15, 0.2) is 0 Å². The van der Waals surface area contributed by atoms with Crippen LogP contribution in [0.2, 0.25) is 0 Å². The highest BCUT2D eigenvalue weighted by atomic mass is 16.2. The second kappa shape index (κ2) is 7.72. The van der Waals surface area contributed by atoms with E-state index >= 15 is 0 Å². The summed E-state index contributed by atoms with van der Waals surface area (Å²) in [5, 5.41) is 8.83. The van der Waals surface area contributed by atoms with Crippen molar-refractivity contribution in [3.63, 3.8) is 0 Å². The van der Waals surface area contributed by atoms with E-state index in [-0.39, 0.29) is 23.8 Å². The molecular formula is C18H32N4O3. The lowest BCUT2D eigenvalue weighted by Crippen LogP contribution is -2.54. The predicted octanol–water partition coefficient (Wildman–Crippen LogP) is 1.24. The normalized spacial score (nSPS) is 28.3. The van der Waals surface area contributed by atoms with Crippen molar-refractivity contribution in [2.24, 2.45) is 11.3 Å². The van der Waals surface area contributed by atoms with Gasteiger partial charge in [-0.05, 0) is 43.6 Å². The molecule has 2 unspecified atom stereocenters. The Kier molecular flexibility index (Phi) is 6.08. The molecule has 0 aromatic rings. The molecule has 1 spiro atoms. The van der Waals surface area contributed by atoms with Crippen LogP contribution in [0.25, 0.3) is 0 Å². The van der Waals surface area contributed by atoms with Crippen molar-refractivity contribution in [3.05, 3.63) is 0 Å². The molecule has 0 bridgehead atoms. The zero-order valence-corrected chi connectivity index (χ0v) is 15.9. The minimum atomic E-state index is -0.846. The van der Waals surface area contributed by atoms with Crippen LogP contribution in [0.1, 0.15) is 53.4 Å². The molecule has 3 N–H and O–H groups in total. The highest BCUT2D eigenvalue weighted by Gasteiger charge is 2.56. The van der Waals surface area contributed by atoms with E-state index in [4.69, 9.17) is 0 Å². The topological polar surface area (TPSA) is 90.5 Å². The number of rotatable bonds is 7. The van der Waals surface area contributed by atoms with E-state index in [1.165, 1.54) is 0 Å². The maximum Gasteiger partial charge on any atom is 0.325 e. The number of nitrogens with one attached hydrogen (secondary N) is 3. The lowest BCUT2D eigenvalue weighted by atomic mass is 9.64. The third kappa shape index (κ3) is 4.71. The third-order valence-corrected chi connectivity index (χ3v) is 4.98. The van der Waals surface area contributed by atoms with E-state index < -0.39 is 11.6 Å². The molecule has 1 aliphatic heterocycles. The Bertz CT molecular complexity index is 534. The van der Waals surface area contributed by atoms with Gasteiger partial charge in [-0.25, -0.2) is 4.79 Å². The standard InChI is InChI=1S/C18H32N4O3/c1-5-6-19-7-8-20-14(23)11-22-15(24)18(21-16(22)25)10-13(2)9-17(3,4)12-18/h13,19H,5-12H2,1-4H3,(H,20,23)(H,21,25). The molecule has 1 saturated carbocycles. The van der Waals surface area contributed by atoms with Gasteiger partial charge < -0.3 is 16.0 Å². The van der Waals surface area contributed by atoms with Gasteiger partial charge in [-0.3, -0.25) is 14.5 Å². The van der Waals surface area contributed by atoms with Crippen molar-refractivity contribution < 1.29 is 14.4 Å². The van der Waals surface area contributed by atoms with Crippen LogP contribution < -0.4 is 16.0 Å². The van der Waals surface area contributed by atoms with E-state index in [2.05, 4.69) is 43.6 Å². The Hall–Kier alpha value is -1.63. The second-order valence-corrected chi connectivity index (χ2v) is 8.36. The molecule has 2 fully saturated rings. The van der Waals surface area contributed by atoms with Crippen molar-refractivity contribution in [1.29, 1.82) is 0 Å². The fraction of sp³-hybridized carbons (Fsp3) is 0.833. The van der Waals surface area contributed by atoms with Crippen molar-refractivity contribution in [1.82, 2.24) is 20.9 Å². The SMILES string of the molecule is CCCNCCNC(=O)CN1C(=O)NC2(CC(C)CC(C)(C)C2)C1=O. The van der Waals surface area contributed by atoms with E-state index in [1.807, 2.05) is 0 Å². The Balaban J connectivity index is 1.93. The first-order valence-corrected chi connectivity index (χ1v) is 9.31. The largest absolute Gasteiger partial charge is 0.353 e. The van der Waals surface area contributed by atoms with Gasteiger partial charge in [0.1, 0.15) is 12.1 Å². The average molecular weight is 352 g/mol.